The number of ether oxygens (including phenoxy) is 1. The normalized spacial score (nSPS) is 15.3. The Bertz CT molecular complexity index is 601. The van der Waals surface area contributed by atoms with Crippen molar-refractivity contribution < 1.29 is 14.2 Å². The van der Waals surface area contributed by atoms with Crippen molar-refractivity contribution in [2.24, 2.45) is 5.92 Å². The molecule has 2 aromatic rings. The summed E-state index contributed by atoms with van der Waals surface area (Å²) in [5.41, 5.74) is 1.26. The molecule has 0 atom stereocenters. The summed E-state index contributed by atoms with van der Waals surface area (Å²) in [4.78, 5) is 0. The molecule has 2 nitrogen and oxygen atoms in total. The van der Waals surface area contributed by atoms with Crippen molar-refractivity contribution in [3.8, 4) is 22.6 Å². The van der Waals surface area contributed by atoms with Crippen LogP contribution in [-0.4, -0.2) is 11.7 Å². The lowest BCUT2D eigenvalue weighted by atomic mass is 10.0. The summed E-state index contributed by atoms with van der Waals surface area (Å²) in [6.45, 7) is 0.679. The first-order valence-corrected chi connectivity index (χ1v) is 7.44. The van der Waals surface area contributed by atoms with Crippen LogP contribution in [0.1, 0.15) is 25.7 Å². The Morgan fingerprint density at radius 1 is 1.05 bits per heavy atom. The van der Waals surface area contributed by atoms with Gasteiger partial charge in [0.1, 0.15) is 17.3 Å². The van der Waals surface area contributed by atoms with Gasteiger partial charge in [-0.3, -0.25) is 0 Å². The van der Waals surface area contributed by atoms with E-state index in [2.05, 4.69) is 0 Å². The van der Waals surface area contributed by atoms with Crippen LogP contribution in [0.2, 0.25) is 0 Å². The van der Waals surface area contributed by atoms with E-state index >= 15 is 0 Å². The molecule has 1 aliphatic rings. The molecule has 110 valence electrons. The van der Waals surface area contributed by atoms with Crippen molar-refractivity contribution >= 4 is 0 Å². The Balaban J connectivity index is 1.71. The van der Waals surface area contributed by atoms with E-state index in [4.69, 9.17) is 4.74 Å². The average Bonchev–Trinajstić information content (AvgIpc) is 3.00. The van der Waals surface area contributed by atoms with Gasteiger partial charge >= 0.3 is 0 Å². The van der Waals surface area contributed by atoms with Crippen LogP contribution in [0.3, 0.4) is 0 Å². The molecule has 0 heterocycles. The molecule has 3 rings (SSSR count). The van der Waals surface area contributed by atoms with Crippen molar-refractivity contribution in [3.05, 3.63) is 48.3 Å². The van der Waals surface area contributed by atoms with Gasteiger partial charge in [-0.1, -0.05) is 25.0 Å². The molecule has 0 radical (unpaired) electrons. The molecule has 0 unspecified atom stereocenters. The van der Waals surface area contributed by atoms with Crippen LogP contribution in [0.4, 0.5) is 4.39 Å². The zero-order chi connectivity index (χ0) is 14.7. The lowest BCUT2D eigenvalue weighted by molar-refractivity contribution is 0.251. The van der Waals surface area contributed by atoms with E-state index in [1.807, 2.05) is 0 Å². The fraction of sp³-hybridized carbons (Fsp3) is 0.333. The van der Waals surface area contributed by atoms with Crippen LogP contribution in [-0.2, 0) is 0 Å². The molecular formula is C18H19FO2. The molecule has 0 spiro atoms. The van der Waals surface area contributed by atoms with Crippen LogP contribution in [0.25, 0.3) is 11.1 Å². The molecule has 1 saturated carbocycles. The van der Waals surface area contributed by atoms with Crippen LogP contribution in [0.15, 0.2) is 42.5 Å². The summed E-state index contributed by atoms with van der Waals surface area (Å²) >= 11 is 0. The lowest BCUT2D eigenvalue weighted by Gasteiger charge is -2.12. The highest BCUT2D eigenvalue weighted by Crippen LogP contribution is 2.29. The first kappa shape index (κ1) is 13.9. The Hall–Kier alpha value is -2.03. The van der Waals surface area contributed by atoms with Crippen molar-refractivity contribution in [1.29, 1.82) is 0 Å². The van der Waals surface area contributed by atoms with Gasteiger partial charge in [0, 0.05) is 11.6 Å². The zero-order valence-corrected chi connectivity index (χ0v) is 11.9. The van der Waals surface area contributed by atoms with Gasteiger partial charge in [-0.25, -0.2) is 4.39 Å². The minimum atomic E-state index is -0.301. The van der Waals surface area contributed by atoms with Gasteiger partial charge < -0.3 is 9.84 Å². The van der Waals surface area contributed by atoms with Gasteiger partial charge in [0.15, 0.2) is 0 Å². The summed E-state index contributed by atoms with van der Waals surface area (Å²) < 4.78 is 19.9. The highest BCUT2D eigenvalue weighted by atomic mass is 19.1. The van der Waals surface area contributed by atoms with Gasteiger partial charge in [-0.05, 0) is 48.6 Å². The molecule has 1 fully saturated rings. The summed E-state index contributed by atoms with van der Waals surface area (Å²) in [5.74, 6) is 1.08. The van der Waals surface area contributed by atoms with E-state index in [9.17, 15) is 9.50 Å². The Morgan fingerprint density at radius 3 is 2.43 bits per heavy atom. The molecule has 1 aliphatic carbocycles. The molecular weight excluding hydrogens is 267 g/mol. The number of halogens is 1. The van der Waals surface area contributed by atoms with Gasteiger partial charge in [0.2, 0.25) is 0 Å². The third-order valence-corrected chi connectivity index (χ3v) is 4.08. The highest BCUT2D eigenvalue weighted by molar-refractivity contribution is 5.65. The Labute approximate surface area is 124 Å². The predicted molar refractivity (Wildman–Crippen MR) is 81.0 cm³/mol. The second kappa shape index (κ2) is 6.17. The monoisotopic (exact) mass is 286 g/mol. The number of phenolic OH excluding ortho intramolecular Hbond substituents is 1. The third-order valence-electron chi connectivity index (χ3n) is 4.08. The summed E-state index contributed by atoms with van der Waals surface area (Å²) in [6, 6.07) is 11.5. The number of benzene rings is 2. The topological polar surface area (TPSA) is 29.5 Å². The summed E-state index contributed by atoms with van der Waals surface area (Å²) in [5, 5.41) is 9.28. The zero-order valence-electron chi connectivity index (χ0n) is 11.9. The molecule has 0 bridgehead atoms. The molecule has 0 amide bonds. The van der Waals surface area contributed by atoms with Gasteiger partial charge in [0.05, 0.1) is 6.61 Å². The standard InChI is InChI=1S/C18H19FO2/c19-18-11-16(21-12-13-3-1-2-4-13)9-10-17(18)14-5-7-15(20)8-6-14/h5-11,13,20H,1-4,12H2. The van der Waals surface area contributed by atoms with Gasteiger partial charge in [-0.15, -0.1) is 0 Å². The number of phenols is 1. The molecule has 2 aromatic carbocycles. The van der Waals surface area contributed by atoms with Crippen molar-refractivity contribution in [2.75, 3.05) is 6.61 Å². The fourth-order valence-corrected chi connectivity index (χ4v) is 2.85. The molecule has 3 heteroatoms. The lowest BCUT2D eigenvalue weighted by Crippen LogP contribution is -2.08. The molecule has 0 aliphatic heterocycles. The van der Waals surface area contributed by atoms with Crippen LogP contribution < -0.4 is 4.74 Å². The maximum atomic E-state index is 14.2. The van der Waals surface area contributed by atoms with Crippen molar-refractivity contribution in [1.82, 2.24) is 0 Å². The first-order valence-electron chi connectivity index (χ1n) is 7.44. The van der Waals surface area contributed by atoms with Gasteiger partial charge in [-0.2, -0.15) is 0 Å². The summed E-state index contributed by atoms with van der Waals surface area (Å²) in [7, 11) is 0. The second-order valence-electron chi connectivity index (χ2n) is 5.65. The van der Waals surface area contributed by atoms with E-state index in [-0.39, 0.29) is 11.6 Å². The van der Waals surface area contributed by atoms with E-state index in [1.54, 1.807) is 36.4 Å². The highest BCUT2D eigenvalue weighted by Gasteiger charge is 2.16. The van der Waals surface area contributed by atoms with Crippen molar-refractivity contribution in [3.63, 3.8) is 0 Å². The van der Waals surface area contributed by atoms with E-state index in [1.165, 1.54) is 31.7 Å². The number of rotatable bonds is 4. The number of aromatic hydroxyl groups is 1. The maximum absolute atomic E-state index is 14.2. The smallest absolute Gasteiger partial charge is 0.134 e. The van der Waals surface area contributed by atoms with Crippen LogP contribution >= 0.6 is 0 Å². The maximum Gasteiger partial charge on any atom is 0.134 e. The Morgan fingerprint density at radius 2 is 1.76 bits per heavy atom. The largest absolute Gasteiger partial charge is 0.508 e. The minimum absolute atomic E-state index is 0.177. The van der Waals surface area contributed by atoms with E-state index in [0.29, 0.717) is 23.8 Å². The minimum Gasteiger partial charge on any atom is -0.508 e. The van der Waals surface area contributed by atoms with Crippen LogP contribution in [0.5, 0.6) is 11.5 Å². The third kappa shape index (κ3) is 3.35. The quantitative estimate of drug-likeness (QED) is 0.877. The van der Waals surface area contributed by atoms with Crippen LogP contribution in [0, 0.1) is 11.7 Å². The molecule has 21 heavy (non-hydrogen) atoms. The van der Waals surface area contributed by atoms with Gasteiger partial charge in [0.25, 0.3) is 0 Å². The van der Waals surface area contributed by atoms with E-state index in [0.717, 1.165) is 5.56 Å². The SMILES string of the molecule is Oc1ccc(-c2ccc(OCC3CCCC3)cc2F)cc1. The number of hydrogen-bond donors (Lipinski definition) is 1. The predicted octanol–water partition coefficient (Wildman–Crippen LogP) is 4.77. The average molecular weight is 286 g/mol. The van der Waals surface area contributed by atoms with Crippen molar-refractivity contribution in [2.45, 2.75) is 25.7 Å². The molecule has 1 N–H and O–H groups in total. The summed E-state index contributed by atoms with van der Waals surface area (Å²) in [6.07, 6.45) is 4.99. The molecule has 0 aromatic heterocycles. The van der Waals surface area contributed by atoms with E-state index < -0.39 is 0 Å². The first-order chi connectivity index (χ1) is 10.2. The molecule has 0 saturated heterocycles. The second-order valence-corrected chi connectivity index (χ2v) is 5.65. The number of hydrogen-bond acceptors (Lipinski definition) is 2. The Kier molecular flexibility index (Phi) is 4.09. The fourth-order valence-electron chi connectivity index (χ4n) is 2.85.